The Bertz CT molecular complexity index is 630. The Morgan fingerprint density at radius 3 is 2.95 bits per heavy atom. The fourth-order valence-electron chi connectivity index (χ4n) is 2.59. The maximum absolute atomic E-state index is 13.7. The van der Waals surface area contributed by atoms with Crippen molar-refractivity contribution in [1.82, 2.24) is 5.32 Å². The maximum Gasteiger partial charge on any atom is 0.127 e. The average molecular weight is 287 g/mol. The fraction of sp³-hybridized carbons (Fsp3) is 0.294. The predicted octanol–water partition coefficient (Wildman–Crippen LogP) is 3.45. The van der Waals surface area contributed by atoms with E-state index < -0.39 is 0 Å². The number of hydrogen-bond donors (Lipinski definition) is 1. The largest absolute Gasteiger partial charge is 0.497 e. The molecule has 21 heavy (non-hydrogen) atoms. The van der Waals surface area contributed by atoms with E-state index in [4.69, 9.17) is 9.47 Å². The quantitative estimate of drug-likeness (QED) is 0.934. The van der Waals surface area contributed by atoms with Gasteiger partial charge in [0.25, 0.3) is 0 Å². The minimum Gasteiger partial charge on any atom is -0.497 e. The second-order valence-electron chi connectivity index (χ2n) is 5.07. The number of halogens is 1. The van der Waals surface area contributed by atoms with Crippen LogP contribution in [0.2, 0.25) is 0 Å². The molecule has 3 nitrogen and oxygen atoms in total. The zero-order valence-electron chi connectivity index (χ0n) is 11.9. The molecule has 0 spiro atoms. The molecule has 1 unspecified atom stereocenters. The van der Waals surface area contributed by atoms with Crippen molar-refractivity contribution in [3.63, 3.8) is 0 Å². The molecule has 1 atom stereocenters. The molecule has 110 valence electrons. The summed E-state index contributed by atoms with van der Waals surface area (Å²) in [5, 5.41) is 3.41. The molecule has 0 radical (unpaired) electrons. The Balaban J connectivity index is 1.77. The molecule has 0 saturated heterocycles. The van der Waals surface area contributed by atoms with Crippen molar-refractivity contribution < 1.29 is 13.9 Å². The van der Waals surface area contributed by atoms with Crippen molar-refractivity contribution in [3.8, 4) is 11.5 Å². The molecular formula is C17H18FNO2. The summed E-state index contributed by atoms with van der Waals surface area (Å²) in [4.78, 5) is 0. The van der Waals surface area contributed by atoms with Crippen LogP contribution >= 0.6 is 0 Å². The summed E-state index contributed by atoms with van der Waals surface area (Å²) >= 11 is 0. The number of hydrogen-bond acceptors (Lipinski definition) is 3. The van der Waals surface area contributed by atoms with Gasteiger partial charge in [-0.05, 0) is 24.3 Å². The maximum atomic E-state index is 13.7. The van der Waals surface area contributed by atoms with E-state index >= 15 is 0 Å². The third-order valence-electron chi connectivity index (χ3n) is 3.75. The van der Waals surface area contributed by atoms with Gasteiger partial charge in [0.15, 0.2) is 0 Å². The van der Waals surface area contributed by atoms with Crippen LogP contribution in [0, 0.1) is 5.82 Å². The van der Waals surface area contributed by atoms with Crippen LogP contribution in [0.5, 0.6) is 11.5 Å². The van der Waals surface area contributed by atoms with Crippen molar-refractivity contribution in [2.75, 3.05) is 13.7 Å². The molecule has 4 heteroatoms. The lowest BCUT2D eigenvalue weighted by atomic mass is 10.00. The molecule has 0 amide bonds. The summed E-state index contributed by atoms with van der Waals surface area (Å²) in [5.41, 5.74) is 1.74. The summed E-state index contributed by atoms with van der Waals surface area (Å²) in [7, 11) is 1.65. The van der Waals surface area contributed by atoms with Crippen LogP contribution in [-0.2, 0) is 6.54 Å². The van der Waals surface area contributed by atoms with Crippen molar-refractivity contribution in [2.45, 2.75) is 19.0 Å². The van der Waals surface area contributed by atoms with Gasteiger partial charge in [-0.3, -0.25) is 0 Å². The lowest BCUT2D eigenvalue weighted by molar-refractivity contribution is 0.251. The highest BCUT2D eigenvalue weighted by atomic mass is 19.1. The van der Waals surface area contributed by atoms with E-state index in [9.17, 15) is 4.39 Å². The molecule has 1 N–H and O–H groups in total. The Labute approximate surface area is 123 Å². The van der Waals surface area contributed by atoms with Gasteiger partial charge in [0.2, 0.25) is 0 Å². The van der Waals surface area contributed by atoms with E-state index in [1.54, 1.807) is 19.2 Å². The first-order valence-electron chi connectivity index (χ1n) is 7.05. The second kappa shape index (κ2) is 6.14. The lowest BCUT2D eigenvalue weighted by Crippen LogP contribution is -2.27. The van der Waals surface area contributed by atoms with E-state index in [1.807, 2.05) is 24.3 Å². The van der Waals surface area contributed by atoms with Crippen molar-refractivity contribution in [2.24, 2.45) is 0 Å². The Kier molecular flexibility index (Phi) is 4.06. The first-order chi connectivity index (χ1) is 10.3. The summed E-state index contributed by atoms with van der Waals surface area (Å²) in [5.74, 6) is 1.49. The van der Waals surface area contributed by atoms with E-state index in [-0.39, 0.29) is 11.9 Å². The van der Waals surface area contributed by atoms with Gasteiger partial charge in [-0.25, -0.2) is 4.39 Å². The summed E-state index contributed by atoms with van der Waals surface area (Å²) < 4.78 is 24.6. The van der Waals surface area contributed by atoms with E-state index in [0.717, 1.165) is 23.5 Å². The van der Waals surface area contributed by atoms with Crippen molar-refractivity contribution >= 4 is 0 Å². The van der Waals surface area contributed by atoms with E-state index in [0.29, 0.717) is 18.7 Å². The van der Waals surface area contributed by atoms with Crippen LogP contribution in [0.15, 0.2) is 42.5 Å². The SMILES string of the molecule is COc1ccc2c(c1)C(NCc1ccccc1F)CCO2. The number of rotatable bonds is 4. The number of methoxy groups -OCH3 is 1. The van der Waals surface area contributed by atoms with Gasteiger partial charge in [0.1, 0.15) is 17.3 Å². The molecule has 2 aromatic carbocycles. The van der Waals surface area contributed by atoms with Crippen molar-refractivity contribution in [3.05, 3.63) is 59.4 Å². The normalized spacial score (nSPS) is 17.0. The first-order valence-corrected chi connectivity index (χ1v) is 7.05. The summed E-state index contributed by atoms with van der Waals surface area (Å²) in [6, 6.07) is 12.8. The second-order valence-corrected chi connectivity index (χ2v) is 5.07. The molecule has 1 aliphatic heterocycles. The molecular weight excluding hydrogens is 269 g/mol. The van der Waals surface area contributed by atoms with Crippen LogP contribution in [0.1, 0.15) is 23.6 Å². The third kappa shape index (κ3) is 3.00. The summed E-state index contributed by atoms with van der Waals surface area (Å²) in [6.45, 7) is 1.16. The molecule has 3 rings (SSSR count). The molecule has 1 heterocycles. The van der Waals surface area contributed by atoms with Gasteiger partial charge in [-0.1, -0.05) is 18.2 Å². The van der Waals surface area contributed by atoms with Crippen LogP contribution < -0.4 is 14.8 Å². The smallest absolute Gasteiger partial charge is 0.127 e. The van der Waals surface area contributed by atoms with Crippen LogP contribution in [0.4, 0.5) is 4.39 Å². The third-order valence-corrected chi connectivity index (χ3v) is 3.75. The number of benzene rings is 2. The van der Waals surface area contributed by atoms with Gasteiger partial charge >= 0.3 is 0 Å². The Morgan fingerprint density at radius 1 is 1.29 bits per heavy atom. The fourth-order valence-corrected chi connectivity index (χ4v) is 2.59. The van der Waals surface area contributed by atoms with E-state index in [2.05, 4.69) is 5.32 Å². The zero-order valence-corrected chi connectivity index (χ0v) is 11.9. The monoisotopic (exact) mass is 287 g/mol. The molecule has 0 aliphatic carbocycles. The van der Waals surface area contributed by atoms with Gasteiger partial charge < -0.3 is 14.8 Å². The predicted molar refractivity (Wildman–Crippen MR) is 79.1 cm³/mol. The highest BCUT2D eigenvalue weighted by Crippen LogP contribution is 2.34. The number of fused-ring (bicyclic) bond motifs is 1. The van der Waals surface area contributed by atoms with Crippen LogP contribution in [0.25, 0.3) is 0 Å². The van der Waals surface area contributed by atoms with Gasteiger partial charge in [-0.15, -0.1) is 0 Å². The molecule has 0 aromatic heterocycles. The molecule has 0 saturated carbocycles. The number of ether oxygens (including phenoxy) is 2. The average Bonchev–Trinajstić information content (AvgIpc) is 2.53. The van der Waals surface area contributed by atoms with Gasteiger partial charge in [0.05, 0.1) is 13.7 Å². The highest BCUT2D eigenvalue weighted by Gasteiger charge is 2.22. The standard InChI is InChI=1S/C17H18FNO2/c1-20-13-6-7-17-14(10-13)16(8-9-21-17)19-11-12-4-2-3-5-15(12)18/h2-7,10,16,19H,8-9,11H2,1H3. The molecule has 1 aliphatic rings. The van der Waals surface area contributed by atoms with Gasteiger partial charge in [-0.2, -0.15) is 0 Å². The van der Waals surface area contributed by atoms with Crippen LogP contribution in [0.3, 0.4) is 0 Å². The topological polar surface area (TPSA) is 30.5 Å². The Hall–Kier alpha value is -2.07. The molecule has 2 aromatic rings. The van der Waals surface area contributed by atoms with Gasteiger partial charge in [0, 0.05) is 30.1 Å². The Morgan fingerprint density at radius 2 is 2.14 bits per heavy atom. The molecule has 0 fully saturated rings. The highest BCUT2D eigenvalue weighted by molar-refractivity contribution is 5.43. The minimum absolute atomic E-state index is 0.142. The minimum atomic E-state index is -0.178. The van der Waals surface area contributed by atoms with E-state index in [1.165, 1.54) is 6.07 Å². The van der Waals surface area contributed by atoms with Crippen molar-refractivity contribution in [1.29, 1.82) is 0 Å². The lowest BCUT2D eigenvalue weighted by Gasteiger charge is -2.27. The van der Waals surface area contributed by atoms with Crippen LogP contribution in [-0.4, -0.2) is 13.7 Å². The first kappa shape index (κ1) is 13.9. The summed E-state index contributed by atoms with van der Waals surface area (Å²) in [6.07, 6.45) is 0.856. The zero-order chi connectivity index (χ0) is 14.7. The molecule has 0 bridgehead atoms. The number of nitrogens with one attached hydrogen (secondary N) is 1.